The van der Waals surface area contributed by atoms with Gasteiger partial charge in [-0.15, -0.1) is 0 Å². The average Bonchev–Trinajstić information content (AvgIpc) is 2.44. The molecule has 0 radical (unpaired) electrons. The van der Waals surface area contributed by atoms with Gasteiger partial charge < -0.3 is 14.4 Å². The van der Waals surface area contributed by atoms with Crippen molar-refractivity contribution in [2.24, 2.45) is 7.05 Å². The Morgan fingerprint density at radius 1 is 1.50 bits per heavy atom. The number of ether oxygens (including phenoxy) is 1. The molecule has 0 saturated heterocycles. The number of aromatic nitrogens is 2. The number of benzene rings is 1. The van der Waals surface area contributed by atoms with Gasteiger partial charge in [0.2, 0.25) is 0 Å². The standard InChI is InChI=1S/C10H12N2O2/c1-12-9-4-3-7(13)5-8(9)11-10(12)6-14-2/h3-5,13H,6H2,1-2H3. The number of fused-ring (bicyclic) bond motifs is 1. The highest BCUT2D eigenvalue weighted by molar-refractivity contribution is 5.77. The van der Waals surface area contributed by atoms with Gasteiger partial charge in [0.25, 0.3) is 0 Å². The molecule has 0 atom stereocenters. The SMILES string of the molecule is COCc1nc2cc(O)ccc2n1C. The summed E-state index contributed by atoms with van der Waals surface area (Å²) in [4.78, 5) is 4.34. The molecule has 0 amide bonds. The molecule has 0 fully saturated rings. The van der Waals surface area contributed by atoms with E-state index in [1.807, 2.05) is 17.7 Å². The number of imidazole rings is 1. The van der Waals surface area contributed by atoms with E-state index in [-0.39, 0.29) is 5.75 Å². The predicted octanol–water partition coefficient (Wildman–Crippen LogP) is 1.43. The molecular formula is C10H12N2O2. The van der Waals surface area contributed by atoms with Crippen LogP contribution in [0.15, 0.2) is 18.2 Å². The fourth-order valence-corrected chi connectivity index (χ4v) is 1.50. The van der Waals surface area contributed by atoms with Crippen molar-refractivity contribution < 1.29 is 9.84 Å². The molecule has 2 aromatic rings. The Balaban J connectivity index is 2.61. The van der Waals surface area contributed by atoms with Gasteiger partial charge in [0.15, 0.2) is 0 Å². The molecule has 1 N–H and O–H groups in total. The monoisotopic (exact) mass is 192 g/mol. The highest BCUT2D eigenvalue weighted by Crippen LogP contribution is 2.20. The summed E-state index contributed by atoms with van der Waals surface area (Å²) in [5.74, 6) is 1.09. The van der Waals surface area contributed by atoms with Gasteiger partial charge >= 0.3 is 0 Å². The summed E-state index contributed by atoms with van der Waals surface area (Å²) in [6.45, 7) is 0.478. The van der Waals surface area contributed by atoms with Gasteiger partial charge in [-0.2, -0.15) is 0 Å². The first kappa shape index (κ1) is 9.02. The lowest BCUT2D eigenvalue weighted by atomic mass is 10.3. The van der Waals surface area contributed by atoms with E-state index in [0.717, 1.165) is 16.9 Å². The second-order valence-electron chi connectivity index (χ2n) is 3.19. The van der Waals surface area contributed by atoms with Gasteiger partial charge in [-0.25, -0.2) is 4.98 Å². The van der Waals surface area contributed by atoms with Crippen LogP contribution in [0.4, 0.5) is 0 Å². The van der Waals surface area contributed by atoms with Crippen molar-refractivity contribution in [1.82, 2.24) is 9.55 Å². The first-order valence-corrected chi connectivity index (χ1v) is 4.35. The Morgan fingerprint density at radius 3 is 3.00 bits per heavy atom. The molecule has 4 heteroatoms. The van der Waals surface area contributed by atoms with Gasteiger partial charge in [0, 0.05) is 20.2 Å². The van der Waals surface area contributed by atoms with Crippen molar-refractivity contribution in [3.05, 3.63) is 24.0 Å². The maximum atomic E-state index is 9.28. The quantitative estimate of drug-likeness (QED) is 0.782. The number of phenolic OH excluding ortho intramolecular Hbond substituents is 1. The zero-order chi connectivity index (χ0) is 10.1. The van der Waals surface area contributed by atoms with Crippen LogP contribution in [0.1, 0.15) is 5.82 Å². The number of hydrogen-bond donors (Lipinski definition) is 1. The third-order valence-corrected chi connectivity index (χ3v) is 2.23. The second-order valence-corrected chi connectivity index (χ2v) is 3.19. The first-order chi connectivity index (χ1) is 6.72. The van der Waals surface area contributed by atoms with Crippen LogP contribution in [0.5, 0.6) is 5.75 Å². The smallest absolute Gasteiger partial charge is 0.135 e. The predicted molar refractivity (Wildman–Crippen MR) is 53.1 cm³/mol. The van der Waals surface area contributed by atoms with Crippen LogP contribution in [-0.2, 0) is 18.4 Å². The molecule has 1 aromatic carbocycles. The summed E-state index contributed by atoms with van der Waals surface area (Å²) in [7, 11) is 3.57. The van der Waals surface area contributed by atoms with Crippen LogP contribution in [-0.4, -0.2) is 21.8 Å². The van der Waals surface area contributed by atoms with E-state index in [4.69, 9.17) is 4.74 Å². The van der Waals surface area contributed by atoms with E-state index in [0.29, 0.717) is 6.61 Å². The Morgan fingerprint density at radius 2 is 2.29 bits per heavy atom. The van der Waals surface area contributed by atoms with Crippen LogP contribution in [0.3, 0.4) is 0 Å². The Kier molecular flexibility index (Phi) is 2.13. The zero-order valence-corrected chi connectivity index (χ0v) is 8.19. The van der Waals surface area contributed by atoms with Crippen LogP contribution in [0, 0.1) is 0 Å². The maximum Gasteiger partial charge on any atom is 0.135 e. The van der Waals surface area contributed by atoms with Gasteiger partial charge in [0.1, 0.15) is 18.2 Å². The summed E-state index contributed by atoms with van der Waals surface area (Å²) in [6, 6.07) is 5.14. The summed E-state index contributed by atoms with van der Waals surface area (Å²) in [6.07, 6.45) is 0. The molecule has 74 valence electrons. The molecular weight excluding hydrogens is 180 g/mol. The van der Waals surface area contributed by atoms with Crippen molar-refractivity contribution in [2.75, 3.05) is 7.11 Å². The minimum absolute atomic E-state index is 0.236. The number of nitrogens with zero attached hydrogens (tertiary/aromatic N) is 2. The zero-order valence-electron chi connectivity index (χ0n) is 8.19. The number of hydrogen-bond acceptors (Lipinski definition) is 3. The highest BCUT2D eigenvalue weighted by atomic mass is 16.5. The molecule has 0 aliphatic heterocycles. The number of aromatic hydroxyl groups is 1. The lowest BCUT2D eigenvalue weighted by molar-refractivity contribution is 0.176. The second kappa shape index (κ2) is 3.31. The molecule has 0 unspecified atom stereocenters. The van der Waals surface area contributed by atoms with E-state index in [1.165, 1.54) is 0 Å². The number of methoxy groups -OCH3 is 1. The Hall–Kier alpha value is -1.55. The molecule has 0 bridgehead atoms. The molecule has 0 saturated carbocycles. The van der Waals surface area contributed by atoms with Crippen molar-refractivity contribution in [1.29, 1.82) is 0 Å². The summed E-state index contributed by atoms with van der Waals surface area (Å²) in [5.41, 5.74) is 1.79. The summed E-state index contributed by atoms with van der Waals surface area (Å²) < 4.78 is 6.98. The van der Waals surface area contributed by atoms with E-state index in [9.17, 15) is 5.11 Å². The molecule has 0 aliphatic rings. The lowest BCUT2D eigenvalue weighted by Gasteiger charge is -1.99. The van der Waals surface area contributed by atoms with Crippen molar-refractivity contribution in [2.45, 2.75) is 6.61 Å². The summed E-state index contributed by atoms with van der Waals surface area (Å²) >= 11 is 0. The largest absolute Gasteiger partial charge is 0.508 e. The van der Waals surface area contributed by atoms with E-state index in [1.54, 1.807) is 19.2 Å². The lowest BCUT2D eigenvalue weighted by Crippen LogP contribution is -1.98. The molecule has 1 heterocycles. The molecule has 4 nitrogen and oxygen atoms in total. The van der Waals surface area contributed by atoms with Crippen molar-refractivity contribution in [3.8, 4) is 5.75 Å². The fourth-order valence-electron chi connectivity index (χ4n) is 1.50. The fraction of sp³-hybridized carbons (Fsp3) is 0.300. The van der Waals surface area contributed by atoms with Crippen LogP contribution >= 0.6 is 0 Å². The minimum Gasteiger partial charge on any atom is -0.508 e. The van der Waals surface area contributed by atoms with E-state index >= 15 is 0 Å². The number of aryl methyl sites for hydroxylation is 1. The van der Waals surface area contributed by atoms with Gasteiger partial charge in [0.05, 0.1) is 11.0 Å². The number of rotatable bonds is 2. The first-order valence-electron chi connectivity index (χ1n) is 4.35. The highest BCUT2D eigenvalue weighted by Gasteiger charge is 2.07. The summed E-state index contributed by atoms with van der Waals surface area (Å²) in [5, 5.41) is 9.28. The normalized spacial score (nSPS) is 11.0. The minimum atomic E-state index is 0.236. The van der Waals surface area contributed by atoms with Gasteiger partial charge in [-0.05, 0) is 12.1 Å². The number of phenols is 1. The van der Waals surface area contributed by atoms with E-state index < -0.39 is 0 Å². The van der Waals surface area contributed by atoms with E-state index in [2.05, 4.69) is 4.98 Å². The molecule has 0 aliphatic carbocycles. The van der Waals surface area contributed by atoms with Crippen LogP contribution < -0.4 is 0 Å². The Bertz CT molecular complexity index is 462. The third kappa shape index (κ3) is 1.33. The third-order valence-electron chi connectivity index (χ3n) is 2.23. The van der Waals surface area contributed by atoms with Gasteiger partial charge in [-0.1, -0.05) is 0 Å². The topological polar surface area (TPSA) is 47.3 Å². The average molecular weight is 192 g/mol. The van der Waals surface area contributed by atoms with Crippen molar-refractivity contribution >= 4 is 11.0 Å². The van der Waals surface area contributed by atoms with Crippen LogP contribution in [0.25, 0.3) is 11.0 Å². The van der Waals surface area contributed by atoms with Gasteiger partial charge in [-0.3, -0.25) is 0 Å². The maximum absolute atomic E-state index is 9.28. The van der Waals surface area contributed by atoms with Crippen molar-refractivity contribution in [3.63, 3.8) is 0 Å². The molecule has 14 heavy (non-hydrogen) atoms. The Labute approximate surface area is 81.8 Å². The van der Waals surface area contributed by atoms with Crippen LogP contribution in [0.2, 0.25) is 0 Å². The molecule has 2 rings (SSSR count). The molecule has 1 aromatic heterocycles. The molecule has 0 spiro atoms.